The van der Waals surface area contributed by atoms with Gasteiger partial charge in [-0.15, -0.1) is 0 Å². The van der Waals surface area contributed by atoms with Crippen LogP contribution in [0, 0.1) is 0 Å². The number of rotatable bonds is 26. The quantitative estimate of drug-likeness (QED) is 0.0824. The van der Waals surface area contributed by atoms with Crippen LogP contribution in [0.4, 0.5) is 0 Å². The summed E-state index contributed by atoms with van der Waals surface area (Å²) in [7, 11) is 0. The molecule has 38 heavy (non-hydrogen) atoms. The molecular weight excluding hydrogens is 503 g/mol. The van der Waals surface area contributed by atoms with Crippen molar-refractivity contribution < 1.29 is 9.32 Å². The zero-order valence-corrected chi connectivity index (χ0v) is 27.5. The standard InChI is InChI=1S/C34H63O2PS/c1-5-8-11-14-17-23-28-37(4,29-24-18-15-12-9-6-2,30-25-19-16-13-10-7-3)36-34(35)32-38-31-33-26-21-20-22-27-33/h20-22,26-27H,5-19,23-25,28-32H2,1-4H3. The van der Waals surface area contributed by atoms with E-state index in [1.54, 1.807) is 11.8 Å². The molecule has 0 aliphatic heterocycles. The third-order valence-corrected chi connectivity index (χ3v) is 14.6. The van der Waals surface area contributed by atoms with E-state index < -0.39 is 6.83 Å². The number of thioether (sulfide) groups is 1. The first-order valence-electron chi connectivity index (χ1n) is 16.3. The van der Waals surface area contributed by atoms with Crippen molar-refractivity contribution in [2.45, 2.75) is 142 Å². The van der Waals surface area contributed by atoms with Gasteiger partial charge in [0.1, 0.15) is 0 Å². The van der Waals surface area contributed by atoms with E-state index in [4.69, 9.17) is 4.52 Å². The first-order valence-corrected chi connectivity index (χ1v) is 20.6. The average molecular weight is 567 g/mol. The van der Waals surface area contributed by atoms with Gasteiger partial charge < -0.3 is 0 Å². The molecule has 0 fully saturated rings. The van der Waals surface area contributed by atoms with Crippen LogP contribution >= 0.6 is 18.6 Å². The molecule has 0 N–H and O–H groups in total. The fraction of sp³-hybridized carbons (Fsp3) is 0.794. The number of unbranched alkanes of at least 4 members (excludes halogenated alkanes) is 15. The summed E-state index contributed by atoms with van der Waals surface area (Å²) in [4.78, 5) is 13.4. The Morgan fingerprint density at radius 2 is 1.03 bits per heavy atom. The van der Waals surface area contributed by atoms with Gasteiger partial charge in [-0.25, -0.2) is 0 Å². The molecule has 0 aromatic heterocycles. The summed E-state index contributed by atoms with van der Waals surface area (Å²) in [6.45, 7) is 6.77. The SMILES string of the molecule is CCCCCCCCP(C)(CCCCCCCC)(CCCCCCCC)OC(=O)CSCc1ccccc1. The van der Waals surface area contributed by atoms with Gasteiger partial charge in [-0.05, 0) is 0 Å². The van der Waals surface area contributed by atoms with Crippen LogP contribution in [0.3, 0.4) is 0 Å². The van der Waals surface area contributed by atoms with Gasteiger partial charge in [-0.3, -0.25) is 0 Å². The maximum atomic E-state index is 13.4. The molecule has 0 amide bonds. The molecule has 0 spiro atoms. The average Bonchev–Trinajstić information content (AvgIpc) is 2.91. The molecule has 0 saturated heterocycles. The molecule has 0 aliphatic carbocycles. The summed E-state index contributed by atoms with van der Waals surface area (Å²) in [6, 6.07) is 10.5. The fourth-order valence-corrected chi connectivity index (χ4v) is 11.5. The number of benzene rings is 1. The van der Waals surface area contributed by atoms with E-state index in [0.29, 0.717) is 5.75 Å². The number of carbonyl (C=O) groups is 1. The van der Waals surface area contributed by atoms with Crippen molar-refractivity contribution in [2.75, 3.05) is 30.9 Å². The Hall–Kier alpha value is -0.530. The maximum absolute atomic E-state index is 13.4. The first kappa shape index (κ1) is 35.5. The van der Waals surface area contributed by atoms with Gasteiger partial charge in [0.05, 0.1) is 0 Å². The predicted octanol–water partition coefficient (Wildman–Crippen LogP) is 11.6. The molecule has 0 heterocycles. The summed E-state index contributed by atoms with van der Waals surface area (Å²) in [5.74, 6) is 1.40. The molecule has 1 rings (SSSR count). The molecule has 4 heteroatoms. The predicted molar refractivity (Wildman–Crippen MR) is 176 cm³/mol. The van der Waals surface area contributed by atoms with Gasteiger partial charge in [0, 0.05) is 0 Å². The zero-order valence-electron chi connectivity index (χ0n) is 25.8. The van der Waals surface area contributed by atoms with E-state index in [-0.39, 0.29) is 5.97 Å². The molecule has 2 nitrogen and oxygen atoms in total. The van der Waals surface area contributed by atoms with Gasteiger partial charge in [-0.1, -0.05) is 0 Å². The van der Waals surface area contributed by atoms with Crippen molar-refractivity contribution in [2.24, 2.45) is 0 Å². The van der Waals surface area contributed by atoms with E-state index in [0.717, 1.165) is 24.2 Å². The zero-order chi connectivity index (χ0) is 27.8. The van der Waals surface area contributed by atoms with E-state index in [9.17, 15) is 4.79 Å². The fourth-order valence-electron chi connectivity index (χ4n) is 5.66. The van der Waals surface area contributed by atoms with E-state index in [1.807, 2.05) is 0 Å². The normalized spacial score (nSPS) is 12.8. The van der Waals surface area contributed by atoms with Gasteiger partial charge in [-0.2, -0.15) is 0 Å². The topological polar surface area (TPSA) is 26.3 Å². The molecule has 1 aromatic rings. The molecule has 0 saturated carbocycles. The second-order valence-electron chi connectivity index (χ2n) is 12.1. The Morgan fingerprint density at radius 3 is 1.45 bits per heavy atom. The Balaban J connectivity index is 2.85. The van der Waals surface area contributed by atoms with Gasteiger partial charge in [0.2, 0.25) is 0 Å². The molecular formula is C34H63O2PS. The molecule has 0 aliphatic rings. The molecule has 0 bridgehead atoms. The van der Waals surface area contributed by atoms with Crippen LogP contribution in [-0.4, -0.2) is 36.9 Å². The van der Waals surface area contributed by atoms with Crippen LogP contribution in [0.25, 0.3) is 0 Å². The minimum atomic E-state index is -2.56. The van der Waals surface area contributed by atoms with Crippen molar-refractivity contribution in [1.82, 2.24) is 0 Å². The molecule has 0 unspecified atom stereocenters. The number of carbonyl (C=O) groups excluding carboxylic acids is 1. The number of hydrogen-bond donors (Lipinski definition) is 0. The van der Waals surface area contributed by atoms with Crippen LogP contribution in [0.15, 0.2) is 30.3 Å². The van der Waals surface area contributed by atoms with Crippen molar-refractivity contribution in [3.05, 3.63) is 35.9 Å². The van der Waals surface area contributed by atoms with Crippen LogP contribution in [0.2, 0.25) is 0 Å². The Morgan fingerprint density at radius 1 is 0.632 bits per heavy atom. The molecule has 1 aromatic carbocycles. The summed E-state index contributed by atoms with van der Waals surface area (Å²) < 4.78 is 6.82. The molecule has 222 valence electrons. The summed E-state index contributed by atoms with van der Waals surface area (Å²) in [6.07, 6.45) is 27.0. The Kier molecular flexibility index (Phi) is 20.7. The third kappa shape index (κ3) is 17.2. The molecule has 0 atom stereocenters. The van der Waals surface area contributed by atoms with Gasteiger partial charge in [0.25, 0.3) is 0 Å². The van der Waals surface area contributed by atoms with Crippen LogP contribution in [-0.2, 0) is 15.1 Å². The summed E-state index contributed by atoms with van der Waals surface area (Å²) in [5, 5.41) is 0. The summed E-state index contributed by atoms with van der Waals surface area (Å²) >= 11 is 1.71. The van der Waals surface area contributed by atoms with Gasteiger partial charge in [0.15, 0.2) is 0 Å². The van der Waals surface area contributed by atoms with Crippen molar-refractivity contribution >= 4 is 24.6 Å². The Labute approximate surface area is 242 Å². The number of hydrogen-bond acceptors (Lipinski definition) is 3. The molecule has 0 radical (unpaired) electrons. The van der Waals surface area contributed by atoms with Crippen molar-refractivity contribution in [1.29, 1.82) is 0 Å². The summed E-state index contributed by atoms with van der Waals surface area (Å²) in [5.41, 5.74) is 1.28. The Bertz CT molecular complexity index is 649. The van der Waals surface area contributed by atoms with Crippen LogP contribution in [0.1, 0.15) is 142 Å². The van der Waals surface area contributed by atoms with Crippen molar-refractivity contribution in [3.63, 3.8) is 0 Å². The van der Waals surface area contributed by atoms with E-state index in [1.165, 1.54) is 121 Å². The monoisotopic (exact) mass is 566 g/mol. The van der Waals surface area contributed by atoms with Crippen LogP contribution in [0.5, 0.6) is 0 Å². The first-order chi connectivity index (χ1) is 18.5. The third-order valence-electron chi connectivity index (χ3n) is 8.15. The van der Waals surface area contributed by atoms with Crippen LogP contribution < -0.4 is 0 Å². The second-order valence-corrected chi connectivity index (χ2v) is 19.0. The van der Waals surface area contributed by atoms with Crippen molar-refractivity contribution in [3.8, 4) is 0 Å². The minimum absolute atomic E-state index is 0.0500. The second kappa shape index (κ2) is 22.2. The van der Waals surface area contributed by atoms with E-state index >= 15 is 0 Å². The van der Waals surface area contributed by atoms with Gasteiger partial charge >= 0.3 is 243 Å². The van der Waals surface area contributed by atoms with E-state index in [2.05, 4.69) is 57.8 Å².